The average Bonchev–Trinajstić information content (AvgIpc) is 3.12. The standard InChI is InChI=1S/C20H18FN3O2/c1-26-18-13-24(16-10-8-15(21)9-11-16)22-19(18)20(25)23-12-4-6-14-5-2-3-7-17(14)23/h2-3,5,7-11,13H,4,6,12H2,1H3. The second-order valence-corrected chi connectivity index (χ2v) is 6.16. The van der Waals surface area contributed by atoms with E-state index in [4.69, 9.17) is 4.74 Å². The summed E-state index contributed by atoms with van der Waals surface area (Å²) in [5.41, 5.74) is 2.97. The van der Waals surface area contributed by atoms with E-state index in [1.165, 1.54) is 23.9 Å². The number of hydrogen-bond acceptors (Lipinski definition) is 3. The van der Waals surface area contributed by atoms with Gasteiger partial charge in [0.15, 0.2) is 11.4 Å². The van der Waals surface area contributed by atoms with E-state index in [0.717, 1.165) is 24.1 Å². The highest BCUT2D eigenvalue weighted by Gasteiger charge is 2.28. The van der Waals surface area contributed by atoms with Crippen LogP contribution in [0, 0.1) is 5.82 Å². The molecule has 1 aliphatic heterocycles. The minimum atomic E-state index is -0.325. The van der Waals surface area contributed by atoms with Crippen molar-refractivity contribution in [2.75, 3.05) is 18.6 Å². The van der Waals surface area contributed by atoms with Crippen LogP contribution in [0.1, 0.15) is 22.5 Å². The fourth-order valence-electron chi connectivity index (χ4n) is 3.25. The Kier molecular flexibility index (Phi) is 4.16. The van der Waals surface area contributed by atoms with E-state index in [1.54, 1.807) is 23.2 Å². The summed E-state index contributed by atoms with van der Waals surface area (Å²) in [6.07, 6.45) is 3.50. The number of fused-ring (bicyclic) bond motifs is 1. The zero-order chi connectivity index (χ0) is 18.1. The summed E-state index contributed by atoms with van der Waals surface area (Å²) >= 11 is 0. The number of carbonyl (C=O) groups is 1. The SMILES string of the molecule is COc1cn(-c2ccc(F)cc2)nc1C(=O)N1CCCc2ccccc21. The normalized spacial score (nSPS) is 13.4. The highest BCUT2D eigenvalue weighted by molar-refractivity contribution is 6.07. The lowest BCUT2D eigenvalue weighted by Gasteiger charge is -2.28. The van der Waals surface area contributed by atoms with Gasteiger partial charge in [0.25, 0.3) is 5.91 Å². The van der Waals surface area contributed by atoms with Crippen LogP contribution >= 0.6 is 0 Å². The number of ether oxygens (including phenoxy) is 1. The maximum atomic E-state index is 13.2. The number of benzene rings is 2. The molecule has 0 unspecified atom stereocenters. The van der Waals surface area contributed by atoms with Gasteiger partial charge in [-0.25, -0.2) is 9.07 Å². The lowest BCUT2D eigenvalue weighted by atomic mass is 10.0. The zero-order valence-electron chi connectivity index (χ0n) is 14.4. The smallest absolute Gasteiger partial charge is 0.282 e. The van der Waals surface area contributed by atoms with E-state index in [-0.39, 0.29) is 17.4 Å². The van der Waals surface area contributed by atoms with Gasteiger partial charge in [-0.1, -0.05) is 18.2 Å². The molecule has 26 heavy (non-hydrogen) atoms. The molecule has 2 heterocycles. The molecule has 4 rings (SSSR count). The van der Waals surface area contributed by atoms with E-state index >= 15 is 0 Å². The molecule has 1 amide bonds. The second kappa shape index (κ2) is 6.63. The first kappa shape index (κ1) is 16.3. The number of anilines is 1. The number of rotatable bonds is 3. The van der Waals surface area contributed by atoms with Crippen LogP contribution in [0.5, 0.6) is 5.75 Å². The quantitative estimate of drug-likeness (QED) is 0.724. The summed E-state index contributed by atoms with van der Waals surface area (Å²) in [5.74, 6) is -0.133. The maximum absolute atomic E-state index is 13.2. The third-order valence-corrected chi connectivity index (χ3v) is 4.55. The van der Waals surface area contributed by atoms with Crippen LogP contribution in [0.3, 0.4) is 0 Å². The molecule has 0 radical (unpaired) electrons. The van der Waals surface area contributed by atoms with Crippen LogP contribution in [0.4, 0.5) is 10.1 Å². The van der Waals surface area contributed by atoms with Crippen molar-refractivity contribution in [3.8, 4) is 11.4 Å². The third-order valence-electron chi connectivity index (χ3n) is 4.55. The van der Waals surface area contributed by atoms with Crippen LogP contribution < -0.4 is 9.64 Å². The van der Waals surface area contributed by atoms with Crippen molar-refractivity contribution >= 4 is 11.6 Å². The number of methoxy groups -OCH3 is 1. The number of carbonyl (C=O) groups excluding carboxylic acids is 1. The minimum absolute atomic E-state index is 0.199. The lowest BCUT2D eigenvalue weighted by molar-refractivity contribution is 0.0977. The molecule has 5 nitrogen and oxygen atoms in total. The van der Waals surface area contributed by atoms with Crippen LogP contribution in [-0.4, -0.2) is 29.3 Å². The van der Waals surface area contributed by atoms with E-state index in [9.17, 15) is 9.18 Å². The summed E-state index contributed by atoms with van der Waals surface area (Å²) in [5, 5.41) is 4.41. The molecule has 0 N–H and O–H groups in total. The monoisotopic (exact) mass is 351 g/mol. The number of aryl methyl sites for hydroxylation is 1. The van der Waals surface area contributed by atoms with Gasteiger partial charge in [0.05, 0.1) is 19.0 Å². The number of hydrogen-bond donors (Lipinski definition) is 0. The Balaban J connectivity index is 1.72. The minimum Gasteiger partial charge on any atom is -0.493 e. The van der Waals surface area contributed by atoms with E-state index in [2.05, 4.69) is 5.10 Å². The Morgan fingerprint density at radius 2 is 1.92 bits per heavy atom. The van der Waals surface area contributed by atoms with Crippen molar-refractivity contribution in [3.05, 3.63) is 71.8 Å². The molecule has 3 aromatic rings. The summed E-state index contributed by atoms with van der Waals surface area (Å²) < 4.78 is 20.0. The molecule has 0 saturated carbocycles. The number of nitrogens with zero attached hydrogens (tertiary/aromatic N) is 3. The Hall–Kier alpha value is -3.15. The van der Waals surface area contributed by atoms with Crippen molar-refractivity contribution in [2.45, 2.75) is 12.8 Å². The Morgan fingerprint density at radius 3 is 2.69 bits per heavy atom. The third kappa shape index (κ3) is 2.83. The molecule has 0 fully saturated rings. The molecule has 0 aliphatic carbocycles. The van der Waals surface area contributed by atoms with E-state index < -0.39 is 0 Å². The molecule has 0 atom stereocenters. The van der Waals surface area contributed by atoms with Crippen LogP contribution in [0.15, 0.2) is 54.7 Å². The molecule has 0 saturated heterocycles. The number of para-hydroxylation sites is 1. The molecule has 1 aromatic heterocycles. The van der Waals surface area contributed by atoms with Gasteiger partial charge in [0.1, 0.15) is 5.82 Å². The van der Waals surface area contributed by atoms with Gasteiger partial charge in [0.2, 0.25) is 0 Å². The molecule has 0 bridgehead atoms. The maximum Gasteiger partial charge on any atom is 0.282 e. The highest BCUT2D eigenvalue weighted by Crippen LogP contribution is 2.30. The average molecular weight is 351 g/mol. The van der Waals surface area contributed by atoms with Gasteiger partial charge in [-0.3, -0.25) is 4.79 Å². The molecule has 132 valence electrons. The first-order valence-electron chi connectivity index (χ1n) is 8.47. The summed E-state index contributed by atoms with van der Waals surface area (Å²) in [6.45, 7) is 0.641. The molecule has 6 heteroatoms. The fraction of sp³-hybridized carbons (Fsp3) is 0.200. The van der Waals surface area contributed by atoms with Crippen molar-refractivity contribution in [3.63, 3.8) is 0 Å². The van der Waals surface area contributed by atoms with Gasteiger partial charge in [-0.15, -0.1) is 0 Å². The predicted molar refractivity (Wildman–Crippen MR) is 96.5 cm³/mol. The van der Waals surface area contributed by atoms with Gasteiger partial charge >= 0.3 is 0 Å². The van der Waals surface area contributed by atoms with Crippen molar-refractivity contribution < 1.29 is 13.9 Å². The summed E-state index contributed by atoms with van der Waals surface area (Å²) in [6, 6.07) is 13.8. The summed E-state index contributed by atoms with van der Waals surface area (Å²) in [7, 11) is 1.51. The lowest BCUT2D eigenvalue weighted by Crippen LogP contribution is -2.36. The molecule has 0 spiro atoms. The zero-order valence-corrected chi connectivity index (χ0v) is 14.4. The van der Waals surface area contributed by atoms with Crippen molar-refractivity contribution in [2.24, 2.45) is 0 Å². The first-order chi connectivity index (χ1) is 12.7. The number of amides is 1. The van der Waals surface area contributed by atoms with E-state index in [0.29, 0.717) is 18.0 Å². The Labute approximate surface area is 150 Å². The summed E-state index contributed by atoms with van der Waals surface area (Å²) in [4.78, 5) is 14.9. The van der Waals surface area contributed by atoms with Crippen LogP contribution in [-0.2, 0) is 6.42 Å². The van der Waals surface area contributed by atoms with Crippen molar-refractivity contribution in [1.82, 2.24) is 9.78 Å². The van der Waals surface area contributed by atoms with Crippen LogP contribution in [0.2, 0.25) is 0 Å². The molecule has 1 aliphatic rings. The Morgan fingerprint density at radius 1 is 1.15 bits per heavy atom. The topological polar surface area (TPSA) is 47.4 Å². The first-order valence-corrected chi connectivity index (χ1v) is 8.47. The second-order valence-electron chi connectivity index (χ2n) is 6.16. The molecular formula is C20H18FN3O2. The Bertz CT molecular complexity index is 950. The van der Waals surface area contributed by atoms with Gasteiger partial charge < -0.3 is 9.64 Å². The number of aromatic nitrogens is 2. The fourth-order valence-corrected chi connectivity index (χ4v) is 3.25. The largest absolute Gasteiger partial charge is 0.493 e. The predicted octanol–water partition coefficient (Wildman–Crippen LogP) is 3.61. The van der Waals surface area contributed by atoms with E-state index in [1.807, 2.05) is 24.3 Å². The number of halogens is 1. The van der Waals surface area contributed by atoms with Crippen molar-refractivity contribution in [1.29, 1.82) is 0 Å². The van der Waals surface area contributed by atoms with Gasteiger partial charge in [-0.05, 0) is 48.7 Å². The van der Waals surface area contributed by atoms with Gasteiger partial charge in [-0.2, -0.15) is 5.10 Å². The molecular weight excluding hydrogens is 333 g/mol. The van der Waals surface area contributed by atoms with Crippen LogP contribution in [0.25, 0.3) is 5.69 Å². The van der Waals surface area contributed by atoms with Gasteiger partial charge in [0, 0.05) is 12.2 Å². The highest BCUT2D eigenvalue weighted by atomic mass is 19.1. The molecule has 2 aromatic carbocycles.